The number of anilines is 1. The molecule has 27 unspecified atom stereocenters. The number of hydrogen-bond acceptors (Lipinski definition) is 47. The summed E-state index contributed by atoms with van der Waals surface area (Å²) in [5.74, 6) is -0.177. The number of unbranched alkanes of at least 4 members (excludes halogenated alkanes) is 3. The number of nitrogens with zero attached hydrogens (tertiary/aromatic N) is 1. The van der Waals surface area contributed by atoms with Gasteiger partial charge >= 0.3 is 5.97 Å². The molecule has 48 nitrogen and oxygen atoms in total. The molecule has 8 aliphatic heterocycles. The first-order valence-electron chi connectivity index (χ1n) is 47.9. The molecule has 0 bridgehead atoms. The Morgan fingerprint density at radius 2 is 0.787 bits per heavy atom. The molecule has 0 amide bonds. The largest absolute Gasteiger partial charge is 0.508 e. The van der Waals surface area contributed by atoms with Gasteiger partial charge in [0.15, 0.2) is 58.7 Å². The van der Waals surface area contributed by atoms with E-state index in [2.05, 4.69) is 36.8 Å². The smallest absolute Gasteiger partial charge is 0.314 e. The van der Waals surface area contributed by atoms with Gasteiger partial charge in [-0.3, -0.25) is 4.79 Å². The third kappa shape index (κ3) is 27.4. The van der Waals surface area contributed by atoms with Crippen LogP contribution in [0.5, 0.6) is 23.0 Å². The molecule has 2 aliphatic carbocycles. The van der Waals surface area contributed by atoms with Crippen LogP contribution in [0.2, 0.25) is 0 Å². The summed E-state index contributed by atoms with van der Waals surface area (Å²) >= 11 is 20.1. The summed E-state index contributed by atoms with van der Waals surface area (Å²) in [4.78, 5) is 16.2. The van der Waals surface area contributed by atoms with Gasteiger partial charge in [-0.2, -0.15) is 23.5 Å². The van der Waals surface area contributed by atoms with Gasteiger partial charge in [-0.05, 0) is 143 Å². The minimum atomic E-state index is -1.62. The zero-order valence-corrected chi connectivity index (χ0v) is 82.1. The van der Waals surface area contributed by atoms with Crippen molar-refractivity contribution in [3.63, 3.8) is 0 Å². The van der Waals surface area contributed by atoms with E-state index >= 15 is 0 Å². The number of nitrogens with one attached hydrogen (secondary N) is 6. The van der Waals surface area contributed by atoms with Crippen molar-refractivity contribution in [2.24, 2.45) is 74.7 Å². The standard InChI is InChI=1S/C88H145N19O29S5/c89-30-51-61(111)42(34-108)57(97)79(124-51)132-74-55(128-83(70(74)120)134-76-62(112)45(93)27-47(95)72(76)130-80-58(98)67(117)64(114)52(31-90)125-80)35-140-24-19-105-86(138)102-17-6-22-107(20-4-1-2-15-103-87(139)106-38-9-7-37(8-10-38)41-29-88(136-78(41)122)43-13-11-39(109)25-49(43)123-50-26-40(110)12-14-44(50)88)21-5-3-16-101-85(137)104-18-23-141-36-56-75(133-82-60(100)69(119)66(116)54(33-92)127-82)71(121)84(129-56)135-77-63(113)46(94)28-48(96)73(77)131-81-59(99)68(118)65(115)53(32-91)126-81/h7-14,25-26,41-42,45-48,51-77,79-84,108-121H,1-6,15-24,27-36,89-100H2,(H2,101,104,137)(H2,102,105,138)(H2,103,106,139)/t41?,42?,45-,46-,47?,48?,51?,52?,53?,54?,55?,56?,57?,58?,59?,60?,61+,62?,63?,64-,65-,66-,67?,68?,69?,70?,71?,72-,73-,74?,75?,76?,77?,79-,80+,81-,82-,83?,84?/m1/s1. The molecule has 3 aromatic rings. The van der Waals surface area contributed by atoms with Crippen molar-refractivity contribution in [2.45, 2.75) is 296 Å². The van der Waals surface area contributed by atoms with E-state index in [0.717, 1.165) is 63.7 Å². The van der Waals surface area contributed by atoms with Crippen LogP contribution in [0.25, 0.3) is 0 Å². The van der Waals surface area contributed by atoms with Crippen LogP contribution in [0.15, 0.2) is 60.7 Å². The molecular weight excluding hydrogens is 1950 g/mol. The number of rotatable bonds is 44. The molecule has 53 heteroatoms. The van der Waals surface area contributed by atoms with Crippen LogP contribution in [0.4, 0.5) is 5.69 Å². The number of esters is 1. The Labute approximate surface area is 840 Å². The molecule has 1 spiro atoms. The van der Waals surface area contributed by atoms with Crippen LogP contribution < -0.4 is 105 Å². The monoisotopic (exact) mass is 2090 g/mol. The highest BCUT2D eigenvalue weighted by molar-refractivity contribution is 7.99. The van der Waals surface area contributed by atoms with Gasteiger partial charge in [0.25, 0.3) is 0 Å². The number of nitrogens with two attached hydrogens (primary N) is 12. The van der Waals surface area contributed by atoms with Crippen molar-refractivity contribution < 1.29 is 143 Å². The maximum absolute atomic E-state index is 13.8. The number of thiocarbonyl (C=S) groups is 3. The van der Waals surface area contributed by atoms with Crippen LogP contribution in [-0.2, 0) is 72.0 Å². The van der Waals surface area contributed by atoms with Crippen LogP contribution in [0, 0.1) is 5.92 Å². The second kappa shape index (κ2) is 52.3. The molecule has 0 aromatic heterocycles. The first-order chi connectivity index (χ1) is 67.5. The highest BCUT2D eigenvalue weighted by atomic mass is 32.2. The van der Waals surface area contributed by atoms with Crippen molar-refractivity contribution in [1.82, 2.24) is 31.5 Å². The SMILES string of the molecule is NCC1O[C@H](O[C@@H]2C(N)C[C@@H](N)C(O)C2OC2OC(CSCCNC(=S)NCCCCN(CCCCCNC(=S)Nc3ccc(C4CC5(OC4=O)c4ccc(O)cc4Oc4cc(O)ccc45)cc3)CCCNC(=S)NCCSCC3OC(OC4C(O)[C@H](N)CC(N)[C@H]4O[C@@H]4OC(CN)[C@@H](O)C(O)C4N)C(O)C3O[C@H]3OC(CN)[C@@H](O)C(CO)C3N)C(O[C@H]3OC(CN)[C@@H](O)C(O)C3N)C2O)C(N)C(O)[C@@H]1O. The fraction of sp³-hybridized carbons (Fsp3) is 0.750. The molecule has 7 saturated heterocycles. The van der Waals surface area contributed by atoms with Gasteiger partial charge in [-0.1, -0.05) is 18.6 Å². The van der Waals surface area contributed by atoms with Crippen molar-refractivity contribution in [1.29, 1.82) is 0 Å². The van der Waals surface area contributed by atoms with Crippen molar-refractivity contribution >= 4 is 87.2 Å². The third-order valence-corrected chi connectivity index (χ3v) is 30.6. The van der Waals surface area contributed by atoms with Gasteiger partial charge in [0.1, 0.15) is 127 Å². The molecule has 3 aromatic carbocycles. The minimum Gasteiger partial charge on any atom is -0.508 e. The number of phenolic OH excluding ortho intramolecular Hbond substituents is 2. The number of aliphatic hydroxyl groups excluding tert-OH is 12. The molecule has 39 atom stereocenters. The van der Waals surface area contributed by atoms with Crippen molar-refractivity contribution in [2.75, 3.05) is 113 Å². The number of carbonyl (C=O) groups excluding carboxylic acids is 1. The molecule has 0 radical (unpaired) electrons. The van der Waals surface area contributed by atoms with Gasteiger partial charge in [0.05, 0.1) is 73.3 Å². The predicted octanol–water partition coefficient (Wildman–Crippen LogP) is -10.00. The Balaban J connectivity index is 0.586. The first-order valence-corrected chi connectivity index (χ1v) is 51.5. The predicted molar refractivity (Wildman–Crippen MR) is 524 cm³/mol. The van der Waals surface area contributed by atoms with E-state index in [1.807, 2.05) is 24.3 Å². The van der Waals surface area contributed by atoms with Gasteiger partial charge < -0.3 is 243 Å². The number of aliphatic hydroxyl groups is 12. The molecule has 2 saturated carbocycles. The van der Waals surface area contributed by atoms with Crippen LogP contribution in [0.1, 0.15) is 80.4 Å². The Morgan fingerprint density at radius 3 is 1.23 bits per heavy atom. The Hall–Kier alpha value is -5.18. The summed E-state index contributed by atoms with van der Waals surface area (Å²) in [7, 11) is 0. The van der Waals surface area contributed by atoms with Crippen molar-refractivity contribution in [3.8, 4) is 23.0 Å². The summed E-state index contributed by atoms with van der Waals surface area (Å²) < 4.78 is 86.9. The summed E-state index contributed by atoms with van der Waals surface area (Å²) in [5.41, 5.74) is 76.4. The lowest BCUT2D eigenvalue weighted by atomic mass is 9.77. The van der Waals surface area contributed by atoms with Crippen LogP contribution in [-0.4, -0.2) is 432 Å². The van der Waals surface area contributed by atoms with E-state index in [9.17, 15) is 76.3 Å². The minimum absolute atomic E-state index is 0.0316. The number of fused-ring (bicyclic) bond motifs is 4. The summed E-state index contributed by atoms with van der Waals surface area (Å²) in [5, 5.41) is 175. The van der Waals surface area contributed by atoms with Gasteiger partial charge in [-0.15, -0.1) is 0 Å². The zero-order chi connectivity index (χ0) is 102. The molecule has 10 aliphatic rings. The molecule has 141 heavy (non-hydrogen) atoms. The summed E-state index contributed by atoms with van der Waals surface area (Å²) in [6.45, 7) is 3.41. The van der Waals surface area contributed by atoms with E-state index in [-0.39, 0.29) is 68.4 Å². The van der Waals surface area contributed by atoms with E-state index in [4.69, 9.17) is 172 Å². The fourth-order valence-corrected chi connectivity index (χ4v) is 21.9. The van der Waals surface area contributed by atoms with E-state index in [1.165, 1.54) is 47.8 Å². The highest BCUT2D eigenvalue weighted by Gasteiger charge is 2.60. The molecule has 9 fully saturated rings. The molecule has 8 heterocycles. The van der Waals surface area contributed by atoms with Crippen molar-refractivity contribution in [3.05, 3.63) is 77.4 Å². The van der Waals surface area contributed by atoms with Gasteiger partial charge in [0, 0.05) is 147 Å². The Kier molecular flexibility index (Phi) is 41.9. The van der Waals surface area contributed by atoms with Crippen LogP contribution >= 0.6 is 60.2 Å². The lowest BCUT2D eigenvalue weighted by Gasteiger charge is -2.47. The number of thioether (sulfide) groups is 2. The van der Waals surface area contributed by atoms with Crippen LogP contribution in [0.3, 0.4) is 0 Å². The maximum atomic E-state index is 13.8. The zero-order valence-electron chi connectivity index (χ0n) is 78.0. The number of hydrogen-bond donors (Lipinski definition) is 32. The Morgan fingerprint density at radius 1 is 0.411 bits per heavy atom. The second-order valence-electron chi connectivity index (χ2n) is 37.4. The van der Waals surface area contributed by atoms with E-state index < -0.39 is 256 Å². The summed E-state index contributed by atoms with van der Waals surface area (Å²) in [6.07, 6.45) is -33.6. The second-order valence-corrected chi connectivity index (χ2v) is 41.0. The number of benzene rings is 3. The van der Waals surface area contributed by atoms with Gasteiger partial charge in [-0.25, -0.2) is 0 Å². The molecule has 44 N–H and O–H groups in total. The topological polar surface area (TPSA) is 817 Å². The maximum Gasteiger partial charge on any atom is 0.314 e. The molecule has 796 valence electrons. The molecule has 13 rings (SSSR count). The highest BCUT2D eigenvalue weighted by Crippen LogP contribution is 2.58. The number of carbonyl (C=O) groups is 1. The first kappa shape index (κ1) is 113. The summed E-state index contributed by atoms with van der Waals surface area (Å²) in [6, 6.07) is 7.99. The van der Waals surface area contributed by atoms with E-state index in [1.54, 1.807) is 12.1 Å². The number of aromatic hydroxyl groups is 2. The average molecular weight is 2090 g/mol. The third-order valence-electron chi connectivity index (χ3n) is 27.6. The number of ether oxygens (including phenoxy) is 14. The number of phenols is 2. The molecular formula is C88H145N19O29S5. The Bertz CT molecular complexity index is 4410. The van der Waals surface area contributed by atoms with E-state index in [0.29, 0.717) is 87.9 Å². The quantitative estimate of drug-likeness (QED) is 0.0142. The normalized spacial score (nSPS) is 38.3. The fourth-order valence-electron chi connectivity index (χ4n) is 19.5. The lowest BCUT2D eigenvalue weighted by Crippen LogP contribution is -2.68. The lowest BCUT2D eigenvalue weighted by molar-refractivity contribution is -0.306. The van der Waals surface area contributed by atoms with Gasteiger partial charge in [0.2, 0.25) is 0 Å². The average Bonchev–Trinajstić information content (AvgIpc) is 1.56.